The van der Waals surface area contributed by atoms with E-state index in [-0.39, 0.29) is 51.4 Å². The minimum absolute atomic E-state index is 0. The SMILES string of the molecule is S=C([S-])n1c2ccccc2c2ccccc21.[K+]. The number of benzene rings is 2. The second-order valence-corrected chi connectivity index (χ2v) is 4.67. The third-order valence-corrected chi connectivity index (χ3v) is 3.13. The Morgan fingerprint density at radius 2 is 1.29 bits per heavy atom. The molecule has 0 saturated heterocycles. The zero-order chi connectivity index (χ0) is 11.1. The fourth-order valence-corrected chi connectivity index (χ4v) is 2.51. The van der Waals surface area contributed by atoms with E-state index in [1.807, 2.05) is 41.0 Å². The Morgan fingerprint density at radius 3 is 1.71 bits per heavy atom. The van der Waals surface area contributed by atoms with Crippen molar-refractivity contribution in [1.29, 1.82) is 0 Å². The van der Waals surface area contributed by atoms with Gasteiger partial charge in [0.1, 0.15) is 0 Å². The maximum Gasteiger partial charge on any atom is 1.00 e. The molecule has 0 atom stereocenters. The van der Waals surface area contributed by atoms with Gasteiger partial charge in [-0.15, -0.1) is 0 Å². The van der Waals surface area contributed by atoms with E-state index in [0.29, 0.717) is 4.32 Å². The first-order chi connectivity index (χ1) is 7.79. The van der Waals surface area contributed by atoms with E-state index in [4.69, 9.17) is 24.8 Å². The molecule has 0 spiro atoms. The standard InChI is InChI=1S/C13H9NS2.K/c15-13(16)14-11-7-3-1-5-9(11)10-6-2-4-8-12(10)14;/h1-8H,(H,15,16);/q;+1/p-1. The zero-order valence-corrected chi connectivity index (χ0v) is 14.1. The van der Waals surface area contributed by atoms with Gasteiger partial charge in [-0.05, 0) is 12.1 Å². The molecule has 0 aliphatic rings. The molecular formula is C13H8KNS2. The topological polar surface area (TPSA) is 4.93 Å². The van der Waals surface area contributed by atoms with Gasteiger partial charge in [-0.25, -0.2) is 0 Å². The molecule has 4 heteroatoms. The monoisotopic (exact) mass is 281 g/mol. The number of nitrogens with zero attached hydrogens (tertiary/aromatic N) is 1. The van der Waals surface area contributed by atoms with Gasteiger partial charge in [0.25, 0.3) is 0 Å². The molecule has 0 bridgehead atoms. The number of para-hydroxylation sites is 2. The normalized spacial score (nSPS) is 10.4. The average Bonchev–Trinajstić information content (AvgIpc) is 2.63. The van der Waals surface area contributed by atoms with Gasteiger partial charge in [-0.1, -0.05) is 40.7 Å². The van der Waals surface area contributed by atoms with Gasteiger partial charge in [0.15, 0.2) is 0 Å². The Labute approximate surface area is 153 Å². The summed E-state index contributed by atoms with van der Waals surface area (Å²) in [5, 5.41) is 2.40. The molecule has 0 N–H and O–H groups in total. The molecule has 0 aliphatic heterocycles. The van der Waals surface area contributed by atoms with Crippen LogP contribution in [0.5, 0.6) is 0 Å². The largest absolute Gasteiger partial charge is 1.00 e. The minimum atomic E-state index is 0. The first-order valence-corrected chi connectivity index (χ1v) is 5.80. The molecule has 3 aromatic rings. The Kier molecular flexibility index (Phi) is 4.36. The van der Waals surface area contributed by atoms with Crippen LogP contribution in [0.1, 0.15) is 0 Å². The summed E-state index contributed by atoms with van der Waals surface area (Å²) in [6.07, 6.45) is 0. The zero-order valence-electron chi connectivity index (χ0n) is 9.38. The molecule has 17 heavy (non-hydrogen) atoms. The van der Waals surface area contributed by atoms with Crippen molar-refractivity contribution in [3.05, 3.63) is 48.5 Å². The molecule has 0 aliphatic carbocycles. The summed E-state index contributed by atoms with van der Waals surface area (Å²) < 4.78 is 2.42. The van der Waals surface area contributed by atoms with Crippen LogP contribution < -0.4 is 51.4 Å². The number of thiocarbonyl (C=S) groups is 1. The molecule has 0 unspecified atom stereocenters. The molecule has 1 nitrogen and oxygen atoms in total. The first kappa shape index (κ1) is 13.6. The average molecular weight is 281 g/mol. The van der Waals surface area contributed by atoms with Gasteiger partial charge in [-0.3, -0.25) is 0 Å². The van der Waals surface area contributed by atoms with Crippen molar-refractivity contribution in [2.24, 2.45) is 0 Å². The van der Waals surface area contributed by atoms with Crippen molar-refractivity contribution in [2.45, 2.75) is 0 Å². The van der Waals surface area contributed by atoms with Gasteiger partial charge < -0.3 is 29.4 Å². The predicted octanol–water partition coefficient (Wildman–Crippen LogP) is 0.478. The van der Waals surface area contributed by atoms with E-state index in [1.54, 1.807) is 0 Å². The summed E-state index contributed by atoms with van der Waals surface area (Å²) >= 11 is 10.3. The third kappa shape index (κ3) is 2.23. The minimum Gasteiger partial charge on any atom is -0.411 e. The molecule has 3 rings (SSSR count). The van der Waals surface area contributed by atoms with Crippen molar-refractivity contribution in [3.63, 3.8) is 0 Å². The molecule has 2 aromatic carbocycles. The molecule has 0 fully saturated rings. The van der Waals surface area contributed by atoms with E-state index in [9.17, 15) is 0 Å². The van der Waals surface area contributed by atoms with E-state index in [0.717, 1.165) is 11.0 Å². The van der Waals surface area contributed by atoms with Crippen molar-refractivity contribution in [2.75, 3.05) is 0 Å². The van der Waals surface area contributed by atoms with Crippen LogP contribution in [-0.4, -0.2) is 8.89 Å². The number of hydrogen-bond donors (Lipinski definition) is 0. The van der Waals surface area contributed by atoms with E-state index in [1.165, 1.54) is 10.8 Å². The smallest absolute Gasteiger partial charge is 0.411 e. The van der Waals surface area contributed by atoms with Crippen LogP contribution in [-0.2, 0) is 12.6 Å². The Bertz CT molecular complexity index is 650. The summed E-state index contributed by atoms with van der Waals surface area (Å²) in [4.78, 5) is 0. The summed E-state index contributed by atoms with van der Waals surface area (Å²) in [5.41, 5.74) is 2.17. The summed E-state index contributed by atoms with van der Waals surface area (Å²) in [7, 11) is 0. The van der Waals surface area contributed by atoms with Gasteiger partial charge in [0, 0.05) is 10.8 Å². The number of fused-ring (bicyclic) bond motifs is 3. The molecule has 0 amide bonds. The van der Waals surface area contributed by atoms with E-state index >= 15 is 0 Å². The third-order valence-electron chi connectivity index (χ3n) is 2.76. The first-order valence-electron chi connectivity index (χ1n) is 4.98. The van der Waals surface area contributed by atoms with E-state index in [2.05, 4.69) is 12.1 Å². The number of aromatic nitrogens is 1. The Balaban J connectivity index is 0.00000108. The quantitative estimate of drug-likeness (QED) is 0.335. The Morgan fingerprint density at radius 1 is 0.882 bits per heavy atom. The number of rotatable bonds is 0. The maximum atomic E-state index is 5.15. The fourth-order valence-electron chi connectivity index (χ4n) is 2.12. The van der Waals surface area contributed by atoms with Crippen molar-refractivity contribution in [1.82, 2.24) is 4.57 Å². The van der Waals surface area contributed by atoms with Crippen molar-refractivity contribution >= 4 is 51.0 Å². The second kappa shape index (κ2) is 5.44. The fraction of sp³-hybridized carbons (Fsp3) is 0. The van der Waals surface area contributed by atoms with Gasteiger partial charge >= 0.3 is 51.4 Å². The maximum absolute atomic E-state index is 5.15. The molecule has 1 heterocycles. The van der Waals surface area contributed by atoms with Crippen LogP contribution in [0.2, 0.25) is 0 Å². The summed E-state index contributed by atoms with van der Waals surface area (Å²) in [5.74, 6) is 0. The van der Waals surface area contributed by atoms with Crippen LogP contribution in [0, 0.1) is 0 Å². The van der Waals surface area contributed by atoms with E-state index < -0.39 is 0 Å². The van der Waals surface area contributed by atoms with Gasteiger partial charge in [0.2, 0.25) is 0 Å². The molecule has 0 radical (unpaired) electrons. The summed E-state index contributed by atoms with van der Waals surface area (Å²) in [6.45, 7) is 0. The molecule has 78 valence electrons. The van der Waals surface area contributed by atoms with Crippen molar-refractivity contribution < 1.29 is 51.4 Å². The second-order valence-electron chi connectivity index (χ2n) is 3.64. The van der Waals surface area contributed by atoms with Gasteiger partial charge in [-0.2, -0.15) is 0 Å². The van der Waals surface area contributed by atoms with Crippen LogP contribution >= 0.6 is 12.2 Å². The van der Waals surface area contributed by atoms with Crippen LogP contribution in [0.4, 0.5) is 0 Å². The van der Waals surface area contributed by atoms with Crippen LogP contribution in [0.3, 0.4) is 0 Å². The van der Waals surface area contributed by atoms with Crippen LogP contribution in [0.15, 0.2) is 48.5 Å². The van der Waals surface area contributed by atoms with Gasteiger partial charge in [0.05, 0.1) is 11.0 Å². The summed E-state index contributed by atoms with van der Waals surface area (Å²) in [6, 6.07) is 16.4. The molecule has 0 saturated carbocycles. The predicted molar refractivity (Wildman–Crippen MR) is 74.8 cm³/mol. The van der Waals surface area contributed by atoms with Crippen molar-refractivity contribution in [3.8, 4) is 0 Å². The molecular weight excluding hydrogens is 273 g/mol. The molecule has 1 aromatic heterocycles. The van der Waals surface area contributed by atoms with Crippen LogP contribution in [0.25, 0.3) is 21.8 Å². The number of hydrogen-bond acceptors (Lipinski definition) is 2. The Hall–Kier alpha value is 0.186.